The largest absolute Gasteiger partial charge is 0.468 e. The molecule has 0 aliphatic carbocycles. The lowest BCUT2D eigenvalue weighted by molar-refractivity contribution is 0.335. The molecule has 3 heterocycles. The Balaban J connectivity index is 1.55. The SMILES string of the molecule is O=S(=O)(NCCCn1cccn1)N1CCC[C@@H]1c1ccco1. The minimum Gasteiger partial charge on any atom is -0.468 e. The Hall–Kier alpha value is -1.64. The smallest absolute Gasteiger partial charge is 0.280 e. The summed E-state index contributed by atoms with van der Waals surface area (Å²) in [6, 6.07) is 5.27. The van der Waals surface area contributed by atoms with Crippen molar-refractivity contribution in [2.24, 2.45) is 0 Å². The molecule has 120 valence electrons. The molecule has 3 rings (SSSR count). The lowest BCUT2D eigenvalue weighted by Crippen LogP contribution is -2.40. The highest BCUT2D eigenvalue weighted by atomic mass is 32.2. The molecule has 22 heavy (non-hydrogen) atoms. The van der Waals surface area contributed by atoms with Crippen molar-refractivity contribution in [2.45, 2.75) is 31.8 Å². The van der Waals surface area contributed by atoms with E-state index in [1.165, 1.54) is 4.31 Å². The Morgan fingerprint density at radius 3 is 3.05 bits per heavy atom. The summed E-state index contributed by atoms with van der Waals surface area (Å²) >= 11 is 0. The second-order valence-corrected chi connectivity index (χ2v) is 7.01. The van der Waals surface area contributed by atoms with Gasteiger partial charge in [0.25, 0.3) is 10.2 Å². The molecule has 1 fully saturated rings. The van der Waals surface area contributed by atoms with Crippen LogP contribution in [0.3, 0.4) is 0 Å². The fourth-order valence-corrected chi connectivity index (χ4v) is 4.23. The van der Waals surface area contributed by atoms with Crippen LogP contribution in [0.1, 0.15) is 31.1 Å². The highest BCUT2D eigenvalue weighted by Gasteiger charge is 2.36. The third-order valence-corrected chi connectivity index (χ3v) is 5.42. The van der Waals surface area contributed by atoms with Gasteiger partial charge in [-0.05, 0) is 37.5 Å². The van der Waals surface area contributed by atoms with Crippen LogP contribution >= 0.6 is 0 Å². The summed E-state index contributed by atoms with van der Waals surface area (Å²) in [5, 5.41) is 4.09. The predicted molar refractivity (Wildman–Crippen MR) is 81.2 cm³/mol. The summed E-state index contributed by atoms with van der Waals surface area (Å²) < 4.78 is 36.2. The highest BCUT2D eigenvalue weighted by molar-refractivity contribution is 7.87. The third kappa shape index (κ3) is 3.40. The van der Waals surface area contributed by atoms with Gasteiger partial charge in [0.2, 0.25) is 0 Å². The summed E-state index contributed by atoms with van der Waals surface area (Å²) in [5.74, 6) is 0.708. The first kappa shape index (κ1) is 15.3. The molecule has 0 unspecified atom stereocenters. The summed E-state index contributed by atoms with van der Waals surface area (Å²) in [4.78, 5) is 0. The first-order valence-electron chi connectivity index (χ1n) is 7.44. The maximum Gasteiger partial charge on any atom is 0.280 e. The van der Waals surface area contributed by atoms with Crippen molar-refractivity contribution in [1.82, 2.24) is 18.8 Å². The fourth-order valence-electron chi connectivity index (χ4n) is 2.75. The second kappa shape index (κ2) is 6.64. The van der Waals surface area contributed by atoms with Gasteiger partial charge in [-0.15, -0.1) is 0 Å². The van der Waals surface area contributed by atoms with Gasteiger partial charge in [-0.25, -0.2) is 4.72 Å². The first-order chi connectivity index (χ1) is 10.7. The molecule has 7 nitrogen and oxygen atoms in total. The molecule has 1 saturated heterocycles. The zero-order chi connectivity index (χ0) is 15.4. The lowest BCUT2D eigenvalue weighted by atomic mass is 10.2. The Bertz CT molecular complexity index is 667. The van der Waals surface area contributed by atoms with Crippen LogP contribution in [0, 0.1) is 0 Å². The van der Waals surface area contributed by atoms with Crippen molar-refractivity contribution < 1.29 is 12.8 Å². The van der Waals surface area contributed by atoms with Crippen LogP contribution in [-0.4, -0.2) is 35.6 Å². The topological polar surface area (TPSA) is 80.4 Å². The van der Waals surface area contributed by atoms with Crippen molar-refractivity contribution in [3.8, 4) is 0 Å². The van der Waals surface area contributed by atoms with Crippen molar-refractivity contribution in [1.29, 1.82) is 0 Å². The molecule has 1 N–H and O–H groups in total. The van der Waals surface area contributed by atoms with Crippen molar-refractivity contribution >= 4 is 10.2 Å². The molecule has 1 atom stereocenters. The normalized spacial score (nSPS) is 19.7. The Morgan fingerprint density at radius 2 is 2.32 bits per heavy atom. The molecule has 1 aliphatic heterocycles. The molecule has 2 aromatic rings. The summed E-state index contributed by atoms with van der Waals surface area (Å²) in [5.41, 5.74) is 0. The standard InChI is InChI=1S/C14H20N4O3S/c19-22(20,16-8-4-10-17-9-3-7-15-17)18-11-1-5-13(18)14-6-2-12-21-14/h2-3,6-7,9,12-13,16H,1,4-5,8,10-11H2/t13-/m1/s1. The van der Waals surface area contributed by atoms with Crippen molar-refractivity contribution in [2.75, 3.05) is 13.1 Å². The van der Waals surface area contributed by atoms with Gasteiger partial charge in [0.05, 0.1) is 12.3 Å². The number of nitrogens with zero attached hydrogens (tertiary/aromatic N) is 3. The van der Waals surface area contributed by atoms with Crippen LogP contribution in [0.5, 0.6) is 0 Å². The quantitative estimate of drug-likeness (QED) is 0.783. The molecule has 0 bridgehead atoms. The number of aromatic nitrogens is 2. The molecule has 0 spiro atoms. The second-order valence-electron chi connectivity index (χ2n) is 5.31. The minimum atomic E-state index is -3.48. The van der Waals surface area contributed by atoms with Gasteiger partial charge >= 0.3 is 0 Å². The summed E-state index contributed by atoms with van der Waals surface area (Å²) in [7, 11) is -3.48. The van der Waals surface area contributed by atoms with Gasteiger partial charge in [-0.2, -0.15) is 17.8 Å². The van der Waals surface area contributed by atoms with Gasteiger partial charge < -0.3 is 4.42 Å². The number of hydrogen-bond acceptors (Lipinski definition) is 4. The maximum absolute atomic E-state index is 12.5. The van der Waals surface area contributed by atoms with Crippen molar-refractivity contribution in [3.05, 3.63) is 42.6 Å². The number of rotatable bonds is 7. The summed E-state index contributed by atoms with van der Waals surface area (Å²) in [6.07, 6.45) is 7.49. The Morgan fingerprint density at radius 1 is 1.41 bits per heavy atom. The number of aryl methyl sites for hydroxylation is 1. The van der Waals surface area contributed by atoms with Gasteiger partial charge in [0, 0.05) is 32.0 Å². The Kier molecular flexibility index (Phi) is 4.60. The monoisotopic (exact) mass is 324 g/mol. The van der Waals surface area contributed by atoms with E-state index >= 15 is 0 Å². The van der Waals surface area contributed by atoms with Crippen LogP contribution in [0.4, 0.5) is 0 Å². The van der Waals surface area contributed by atoms with E-state index < -0.39 is 10.2 Å². The summed E-state index contributed by atoms with van der Waals surface area (Å²) in [6.45, 7) is 1.61. The van der Waals surface area contributed by atoms with Gasteiger partial charge in [-0.3, -0.25) is 4.68 Å². The van der Waals surface area contributed by atoms with E-state index in [1.54, 1.807) is 23.2 Å². The van der Waals surface area contributed by atoms with Crippen LogP contribution in [0.15, 0.2) is 41.3 Å². The number of hydrogen-bond donors (Lipinski definition) is 1. The molecule has 0 radical (unpaired) electrons. The van der Waals surface area contributed by atoms with Crippen LogP contribution in [0.25, 0.3) is 0 Å². The lowest BCUT2D eigenvalue weighted by Gasteiger charge is -2.22. The Labute approximate surface area is 130 Å². The fraction of sp³-hybridized carbons (Fsp3) is 0.500. The molecular weight excluding hydrogens is 304 g/mol. The zero-order valence-electron chi connectivity index (χ0n) is 12.3. The van der Waals surface area contributed by atoms with E-state index in [1.807, 2.05) is 18.3 Å². The van der Waals surface area contributed by atoms with E-state index in [4.69, 9.17) is 4.42 Å². The van der Waals surface area contributed by atoms with E-state index in [0.29, 0.717) is 31.8 Å². The van der Waals surface area contributed by atoms with Crippen LogP contribution in [-0.2, 0) is 16.8 Å². The average Bonchev–Trinajstić information content (AvgIpc) is 3.24. The maximum atomic E-state index is 12.5. The molecular formula is C14H20N4O3S. The number of nitrogens with one attached hydrogen (secondary N) is 1. The minimum absolute atomic E-state index is 0.196. The molecule has 2 aromatic heterocycles. The predicted octanol–water partition coefficient (Wildman–Crippen LogP) is 1.54. The van der Waals surface area contributed by atoms with Gasteiger partial charge in [-0.1, -0.05) is 0 Å². The van der Waals surface area contributed by atoms with E-state index in [2.05, 4.69) is 9.82 Å². The van der Waals surface area contributed by atoms with E-state index in [-0.39, 0.29) is 6.04 Å². The van der Waals surface area contributed by atoms with E-state index in [9.17, 15) is 8.42 Å². The van der Waals surface area contributed by atoms with Crippen LogP contribution in [0.2, 0.25) is 0 Å². The molecule has 0 amide bonds. The molecule has 0 saturated carbocycles. The van der Waals surface area contributed by atoms with Crippen LogP contribution < -0.4 is 4.72 Å². The molecule has 8 heteroatoms. The zero-order valence-corrected chi connectivity index (χ0v) is 13.1. The number of furan rings is 1. The molecule has 1 aliphatic rings. The molecule has 0 aromatic carbocycles. The van der Waals surface area contributed by atoms with Crippen molar-refractivity contribution in [3.63, 3.8) is 0 Å². The third-order valence-electron chi connectivity index (χ3n) is 3.79. The van der Waals surface area contributed by atoms with E-state index in [0.717, 1.165) is 12.8 Å². The van der Waals surface area contributed by atoms with Gasteiger partial charge in [0.1, 0.15) is 5.76 Å². The first-order valence-corrected chi connectivity index (χ1v) is 8.88. The van der Waals surface area contributed by atoms with Gasteiger partial charge in [0.15, 0.2) is 0 Å². The highest BCUT2D eigenvalue weighted by Crippen LogP contribution is 2.33. The average molecular weight is 324 g/mol.